The van der Waals surface area contributed by atoms with E-state index in [9.17, 15) is 4.79 Å². The third-order valence-electron chi connectivity index (χ3n) is 9.53. The van der Waals surface area contributed by atoms with E-state index < -0.39 is 5.54 Å². The molecule has 3 heteroatoms. The number of nitrogens with zero attached hydrogens (tertiary/aromatic N) is 2. The molecule has 5 aromatic rings. The number of fused-ring (bicyclic) bond motifs is 4. The minimum absolute atomic E-state index is 0.0179. The molecule has 198 valence electrons. The Morgan fingerprint density at radius 3 is 2.22 bits per heavy atom. The highest BCUT2D eigenvalue weighted by Crippen LogP contribution is 2.51. The minimum Gasteiger partial charge on any atom is -0.280 e. The Bertz CT molecular complexity index is 2110. The fourth-order valence-electron chi connectivity index (χ4n) is 7.43. The van der Waals surface area contributed by atoms with Gasteiger partial charge in [0.05, 0.1) is 5.54 Å². The zero-order valence-corrected chi connectivity index (χ0v) is 23.2. The number of pyridine rings is 1. The van der Waals surface area contributed by atoms with Crippen LogP contribution in [0.5, 0.6) is 0 Å². The van der Waals surface area contributed by atoms with Crippen LogP contribution in [0.2, 0.25) is 0 Å². The first-order chi connectivity index (χ1) is 20.0. The van der Waals surface area contributed by atoms with Gasteiger partial charge < -0.3 is 0 Å². The molecule has 2 aliphatic carbocycles. The van der Waals surface area contributed by atoms with Crippen molar-refractivity contribution in [2.24, 2.45) is 10.4 Å². The van der Waals surface area contributed by atoms with E-state index in [1.54, 1.807) is 0 Å². The van der Waals surface area contributed by atoms with E-state index in [1.165, 1.54) is 5.57 Å². The summed E-state index contributed by atoms with van der Waals surface area (Å²) in [5.41, 5.74) is 5.70. The van der Waals surface area contributed by atoms with E-state index in [1.807, 2.05) is 28.8 Å². The van der Waals surface area contributed by atoms with Gasteiger partial charge in [-0.25, -0.2) is 0 Å². The molecule has 1 aliphatic heterocycles. The van der Waals surface area contributed by atoms with Crippen molar-refractivity contribution in [1.82, 2.24) is 4.57 Å². The molecule has 0 bridgehead atoms. The van der Waals surface area contributed by atoms with Crippen LogP contribution in [0.4, 0.5) is 0 Å². The number of hydrogen-bond donors (Lipinski definition) is 0. The lowest BCUT2D eigenvalue weighted by molar-refractivity contribution is 0.352. The zero-order chi connectivity index (χ0) is 27.8. The normalized spacial score (nSPS) is 24.6. The number of hydrogen-bond acceptors (Lipinski definition) is 2. The summed E-state index contributed by atoms with van der Waals surface area (Å²) in [7, 11) is 0. The Balaban J connectivity index is 1.47. The van der Waals surface area contributed by atoms with E-state index in [0.717, 1.165) is 55.7 Å². The molecule has 8 rings (SSSR count). The Kier molecular flexibility index (Phi) is 5.06. The Morgan fingerprint density at radius 2 is 1.49 bits per heavy atom. The largest absolute Gasteiger partial charge is 0.280 e. The predicted octanol–water partition coefficient (Wildman–Crippen LogP) is 7.80. The SMILES string of the molecule is CC1(C2=CC=C(c3ccccc3)C3(C)C2N=c2c4ccc(-c5ccccc5)c5cccc(c(=O)n23)c54)C=CC=CC1. The van der Waals surface area contributed by atoms with E-state index >= 15 is 0 Å². The van der Waals surface area contributed by atoms with Gasteiger partial charge in [0.2, 0.25) is 0 Å². The highest BCUT2D eigenvalue weighted by Gasteiger charge is 2.51. The Labute approximate surface area is 239 Å². The first-order valence-electron chi connectivity index (χ1n) is 14.4. The molecule has 41 heavy (non-hydrogen) atoms. The second-order valence-corrected chi connectivity index (χ2v) is 11.9. The van der Waals surface area contributed by atoms with Gasteiger partial charge in [0, 0.05) is 21.6 Å². The first kappa shape index (κ1) is 24.1. The molecule has 1 aromatic heterocycles. The van der Waals surface area contributed by atoms with Crippen molar-refractivity contribution in [1.29, 1.82) is 0 Å². The van der Waals surface area contributed by atoms with E-state index in [0.29, 0.717) is 0 Å². The highest BCUT2D eigenvalue weighted by molar-refractivity contribution is 6.14. The average molecular weight is 531 g/mol. The van der Waals surface area contributed by atoms with Crippen molar-refractivity contribution in [2.75, 3.05) is 0 Å². The minimum atomic E-state index is -0.673. The molecule has 0 N–H and O–H groups in total. The Morgan fingerprint density at radius 1 is 0.756 bits per heavy atom. The summed E-state index contributed by atoms with van der Waals surface area (Å²) in [6.45, 7) is 4.51. The lowest BCUT2D eigenvalue weighted by Gasteiger charge is -2.43. The zero-order valence-electron chi connectivity index (χ0n) is 23.2. The highest BCUT2D eigenvalue weighted by atomic mass is 16.1. The van der Waals surface area contributed by atoms with Gasteiger partial charge in [-0.3, -0.25) is 14.4 Å². The topological polar surface area (TPSA) is 34.4 Å². The number of allylic oxidation sites excluding steroid dienone is 6. The lowest BCUT2D eigenvalue weighted by Crippen LogP contribution is -2.50. The summed E-state index contributed by atoms with van der Waals surface area (Å²) in [6, 6.07) is 31.2. The van der Waals surface area contributed by atoms with Gasteiger partial charge in [0.1, 0.15) is 11.5 Å². The summed E-state index contributed by atoms with van der Waals surface area (Å²) in [5.74, 6) is 0. The number of rotatable bonds is 3. The van der Waals surface area contributed by atoms with E-state index in [2.05, 4.69) is 117 Å². The summed E-state index contributed by atoms with van der Waals surface area (Å²) < 4.78 is 2.01. The van der Waals surface area contributed by atoms with Gasteiger partial charge in [0.25, 0.3) is 5.56 Å². The van der Waals surface area contributed by atoms with Gasteiger partial charge in [-0.15, -0.1) is 0 Å². The third-order valence-corrected chi connectivity index (χ3v) is 9.53. The summed E-state index contributed by atoms with van der Waals surface area (Å²) in [4.78, 5) is 20.2. The van der Waals surface area contributed by atoms with Crippen LogP contribution in [-0.4, -0.2) is 10.6 Å². The molecular formula is C38H30N2O. The predicted molar refractivity (Wildman–Crippen MR) is 169 cm³/mol. The maximum atomic E-state index is 14.7. The number of aromatic nitrogens is 1. The van der Waals surface area contributed by atoms with Crippen molar-refractivity contribution in [3.8, 4) is 11.1 Å². The monoisotopic (exact) mass is 530 g/mol. The molecule has 0 amide bonds. The molecule has 2 heterocycles. The first-order valence-corrected chi connectivity index (χ1v) is 14.4. The molecule has 3 nitrogen and oxygen atoms in total. The molecule has 0 saturated heterocycles. The average Bonchev–Trinajstić information content (AvgIpc) is 3.34. The maximum Gasteiger partial charge on any atom is 0.260 e. The smallest absolute Gasteiger partial charge is 0.260 e. The second kappa shape index (κ2) is 8.62. The molecule has 0 fully saturated rings. The summed E-state index contributed by atoms with van der Waals surface area (Å²) >= 11 is 0. The van der Waals surface area contributed by atoms with Gasteiger partial charge in [-0.05, 0) is 58.7 Å². The Hall–Kier alpha value is -4.76. The van der Waals surface area contributed by atoms with Crippen LogP contribution < -0.4 is 11.0 Å². The van der Waals surface area contributed by atoms with Crippen LogP contribution in [0.15, 0.2) is 143 Å². The van der Waals surface area contributed by atoms with Gasteiger partial charge in [-0.2, -0.15) is 0 Å². The van der Waals surface area contributed by atoms with Crippen LogP contribution in [0, 0.1) is 5.41 Å². The quantitative estimate of drug-likeness (QED) is 0.234. The number of benzene rings is 4. The molecular weight excluding hydrogens is 500 g/mol. The summed E-state index contributed by atoms with van der Waals surface area (Å²) in [5, 5.41) is 3.86. The van der Waals surface area contributed by atoms with E-state index in [4.69, 9.17) is 4.99 Å². The third kappa shape index (κ3) is 3.26. The second-order valence-electron chi connectivity index (χ2n) is 11.9. The molecule has 3 aliphatic rings. The fourth-order valence-corrected chi connectivity index (χ4v) is 7.43. The van der Waals surface area contributed by atoms with Crippen LogP contribution in [0.25, 0.3) is 38.2 Å². The molecule has 0 radical (unpaired) electrons. The van der Waals surface area contributed by atoms with Gasteiger partial charge in [-0.1, -0.05) is 122 Å². The summed E-state index contributed by atoms with van der Waals surface area (Å²) in [6.07, 6.45) is 14.2. The van der Waals surface area contributed by atoms with Crippen molar-refractivity contribution in [3.63, 3.8) is 0 Å². The molecule has 0 spiro atoms. The van der Waals surface area contributed by atoms with E-state index in [-0.39, 0.29) is 17.0 Å². The van der Waals surface area contributed by atoms with Crippen LogP contribution in [0.1, 0.15) is 25.8 Å². The van der Waals surface area contributed by atoms with Crippen molar-refractivity contribution >= 4 is 27.1 Å². The van der Waals surface area contributed by atoms with Gasteiger partial charge >= 0.3 is 0 Å². The molecule has 3 unspecified atom stereocenters. The molecule has 4 aromatic carbocycles. The lowest BCUT2D eigenvalue weighted by atomic mass is 9.65. The van der Waals surface area contributed by atoms with Gasteiger partial charge in [0.15, 0.2) is 0 Å². The molecule has 3 atom stereocenters. The molecule has 0 saturated carbocycles. The van der Waals surface area contributed by atoms with Crippen molar-refractivity contribution in [3.05, 3.63) is 154 Å². The van der Waals surface area contributed by atoms with Crippen molar-refractivity contribution < 1.29 is 0 Å². The van der Waals surface area contributed by atoms with Crippen LogP contribution in [0.3, 0.4) is 0 Å². The van der Waals surface area contributed by atoms with Crippen LogP contribution in [-0.2, 0) is 5.54 Å². The van der Waals surface area contributed by atoms with Crippen molar-refractivity contribution in [2.45, 2.75) is 31.8 Å². The van der Waals surface area contributed by atoms with Crippen LogP contribution >= 0.6 is 0 Å². The standard InChI is InChI=1S/C38H30N2O/c1-37(23-10-5-11-24-37)32-22-21-31(26-15-8-4-9-16-26)38(2)34(32)39-35-29-20-19-27(25-13-6-3-7-14-25)28-17-12-18-30(33(28)29)36(41)40(35)38/h3-23,34H,24H2,1-2H3. The maximum absolute atomic E-state index is 14.7. The fraction of sp³-hybridized carbons (Fsp3) is 0.158.